The van der Waals surface area contributed by atoms with Crippen molar-refractivity contribution in [1.82, 2.24) is 0 Å². The van der Waals surface area contributed by atoms with Crippen LogP contribution in [0, 0.1) is 6.92 Å². The van der Waals surface area contributed by atoms with Crippen molar-refractivity contribution < 1.29 is 17.3 Å². The van der Waals surface area contributed by atoms with Crippen LogP contribution in [-0.4, -0.2) is 35.9 Å². The molecule has 4 nitrogen and oxygen atoms in total. The number of rotatable bonds is 8. The van der Waals surface area contributed by atoms with E-state index in [0.29, 0.717) is 18.1 Å². The second-order valence-corrected chi connectivity index (χ2v) is 9.86. The van der Waals surface area contributed by atoms with Gasteiger partial charge in [0.1, 0.15) is 0 Å². The van der Waals surface area contributed by atoms with E-state index < -0.39 is 18.4 Å². The van der Waals surface area contributed by atoms with E-state index in [0.717, 1.165) is 5.56 Å². The maximum Gasteiger partial charge on any atom is 0.361 e. The Bertz CT molecular complexity index is 558. The average molecular weight is 329 g/mol. The molecule has 0 aliphatic carbocycles. The molecule has 0 saturated carbocycles. The van der Waals surface area contributed by atoms with Crippen molar-refractivity contribution in [2.24, 2.45) is 0 Å². The van der Waals surface area contributed by atoms with Crippen LogP contribution in [0.25, 0.3) is 0 Å². The third kappa shape index (κ3) is 5.74. The molecule has 0 saturated heterocycles. The lowest BCUT2D eigenvalue weighted by molar-refractivity contribution is 0.201. The molecule has 0 aromatic heterocycles. The summed E-state index contributed by atoms with van der Waals surface area (Å²) in [6.07, 6.45) is 1.65. The van der Waals surface area contributed by atoms with Gasteiger partial charge in [0.15, 0.2) is 9.84 Å². The number of hydrogen-bond donors (Lipinski definition) is 0. The summed E-state index contributed by atoms with van der Waals surface area (Å²) in [4.78, 5) is 0.342. The smallest absolute Gasteiger partial charge is 0.361 e. The van der Waals surface area contributed by atoms with E-state index >= 15 is 0 Å². The lowest BCUT2D eigenvalue weighted by Gasteiger charge is -2.22. The van der Waals surface area contributed by atoms with Gasteiger partial charge < -0.3 is 8.85 Å². The fraction of sp³-hybridized carbons (Fsp3) is 0.467. The zero-order chi connectivity index (χ0) is 15.9. The van der Waals surface area contributed by atoms with Gasteiger partial charge in [-0.1, -0.05) is 23.8 Å². The van der Waals surface area contributed by atoms with Gasteiger partial charge in [0.2, 0.25) is 0 Å². The fourth-order valence-electron chi connectivity index (χ4n) is 1.94. The van der Waals surface area contributed by atoms with Gasteiger partial charge in [-0.05, 0) is 45.2 Å². The Balaban J connectivity index is 2.80. The molecule has 1 rings (SSSR count). The number of hydrogen-bond acceptors (Lipinski definition) is 4. The first-order valence-corrected chi connectivity index (χ1v) is 11.1. The fourth-order valence-corrected chi connectivity index (χ4v) is 5.17. The van der Waals surface area contributed by atoms with Crippen LogP contribution in [0.4, 0.5) is 0 Å². The van der Waals surface area contributed by atoms with Gasteiger partial charge in [-0.3, -0.25) is 0 Å². The molecular formula is C15H24O4SSi. The van der Waals surface area contributed by atoms with E-state index in [1.165, 1.54) is 0 Å². The minimum Gasteiger partial charge on any atom is -0.392 e. The molecule has 0 atom stereocenters. The molecule has 0 unspecified atom stereocenters. The summed E-state index contributed by atoms with van der Waals surface area (Å²) in [5, 5.41) is 0. The van der Waals surface area contributed by atoms with Crippen LogP contribution in [0.2, 0.25) is 6.55 Å². The predicted octanol–water partition coefficient (Wildman–Crippen LogP) is 3.01. The van der Waals surface area contributed by atoms with Crippen molar-refractivity contribution in [3.8, 4) is 0 Å². The molecule has 21 heavy (non-hydrogen) atoms. The summed E-state index contributed by atoms with van der Waals surface area (Å²) in [6.45, 7) is 8.75. The normalized spacial score (nSPS) is 13.0. The summed E-state index contributed by atoms with van der Waals surface area (Å²) < 4.78 is 35.7. The first kappa shape index (κ1) is 18.1. The van der Waals surface area contributed by atoms with E-state index in [1.54, 1.807) is 36.0 Å². The van der Waals surface area contributed by atoms with Crippen LogP contribution in [0.3, 0.4) is 0 Å². The van der Waals surface area contributed by atoms with E-state index in [-0.39, 0.29) is 5.75 Å². The molecule has 0 amide bonds. The first-order valence-electron chi connectivity index (χ1n) is 7.08. The van der Waals surface area contributed by atoms with Gasteiger partial charge in [0.05, 0.1) is 10.6 Å². The summed E-state index contributed by atoms with van der Waals surface area (Å²) in [6, 6.07) is 6.88. The summed E-state index contributed by atoms with van der Waals surface area (Å²) in [5.41, 5.74) is 2.84. The highest BCUT2D eigenvalue weighted by molar-refractivity contribution is 7.91. The lowest BCUT2D eigenvalue weighted by atomic mass is 10.2. The maximum absolute atomic E-state index is 12.2. The van der Waals surface area contributed by atoms with E-state index in [1.807, 2.05) is 27.3 Å². The molecule has 0 fully saturated rings. The highest BCUT2D eigenvalue weighted by atomic mass is 32.2. The average Bonchev–Trinajstić information content (AvgIpc) is 2.39. The zero-order valence-corrected chi connectivity index (χ0v) is 14.9. The SMILES string of the molecule is CCO[Si](C)(/C=C/CS(=O)(=O)c1ccc(C)cc1)OCC. The monoisotopic (exact) mass is 328 g/mol. The van der Waals surface area contributed by atoms with Gasteiger partial charge in [0, 0.05) is 13.2 Å². The largest absolute Gasteiger partial charge is 0.392 e. The van der Waals surface area contributed by atoms with Gasteiger partial charge in [-0.15, -0.1) is 0 Å². The zero-order valence-electron chi connectivity index (χ0n) is 13.1. The van der Waals surface area contributed by atoms with Crippen LogP contribution in [0.5, 0.6) is 0 Å². The Labute approximate surface area is 129 Å². The van der Waals surface area contributed by atoms with Crippen LogP contribution < -0.4 is 0 Å². The molecule has 0 N–H and O–H groups in total. The topological polar surface area (TPSA) is 52.6 Å². The number of sulfone groups is 1. The molecule has 1 aromatic rings. The van der Waals surface area contributed by atoms with Gasteiger partial charge in [0.25, 0.3) is 0 Å². The Morgan fingerprint density at radius 3 is 2.10 bits per heavy atom. The van der Waals surface area contributed by atoms with Gasteiger partial charge in [-0.25, -0.2) is 8.42 Å². The quantitative estimate of drug-likeness (QED) is 0.688. The Morgan fingerprint density at radius 1 is 1.10 bits per heavy atom. The van der Waals surface area contributed by atoms with Crippen LogP contribution in [0.15, 0.2) is 40.9 Å². The minimum atomic E-state index is -3.31. The molecule has 6 heteroatoms. The summed E-state index contributed by atoms with van der Waals surface area (Å²) >= 11 is 0. The molecule has 0 radical (unpaired) electrons. The van der Waals surface area contributed by atoms with Crippen molar-refractivity contribution in [2.75, 3.05) is 19.0 Å². The Kier molecular flexibility index (Phi) is 6.80. The van der Waals surface area contributed by atoms with Crippen LogP contribution in [0.1, 0.15) is 19.4 Å². The van der Waals surface area contributed by atoms with Crippen molar-refractivity contribution in [1.29, 1.82) is 0 Å². The highest BCUT2D eigenvalue weighted by Gasteiger charge is 2.27. The molecule has 0 spiro atoms. The predicted molar refractivity (Wildman–Crippen MR) is 87.2 cm³/mol. The molecule has 0 aliphatic rings. The van der Waals surface area contributed by atoms with Crippen molar-refractivity contribution in [3.63, 3.8) is 0 Å². The second kappa shape index (κ2) is 7.89. The van der Waals surface area contributed by atoms with Crippen molar-refractivity contribution >= 4 is 18.4 Å². The maximum atomic E-state index is 12.2. The molecule has 1 aromatic carbocycles. The van der Waals surface area contributed by atoms with Gasteiger partial charge >= 0.3 is 8.56 Å². The summed E-state index contributed by atoms with van der Waals surface area (Å²) in [7, 11) is -5.71. The lowest BCUT2D eigenvalue weighted by Crippen LogP contribution is -2.37. The summed E-state index contributed by atoms with van der Waals surface area (Å²) in [5.74, 6) is -0.0429. The standard InChI is InChI=1S/C15H24O4SSi/c1-5-18-21(4,19-6-2)13-7-12-20(16,17)15-10-8-14(3)9-11-15/h7-11,13H,5-6,12H2,1-4H3/b13-7+. The first-order chi connectivity index (χ1) is 9.83. The highest BCUT2D eigenvalue weighted by Crippen LogP contribution is 2.14. The van der Waals surface area contributed by atoms with Gasteiger partial charge in [-0.2, -0.15) is 0 Å². The Morgan fingerprint density at radius 2 is 1.62 bits per heavy atom. The molecule has 0 bridgehead atoms. The number of benzene rings is 1. The van der Waals surface area contributed by atoms with Crippen LogP contribution >= 0.6 is 0 Å². The number of aryl methyl sites for hydroxylation is 1. The third-order valence-corrected chi connectivity index (χ3v) is 7.16. The Hall–Kier alpha value is -0.953. The van der Waals surface area contributed by atoms with E-state index in [2.05, 4.69) is 0 Å². The molecule has 0 heterocycles. The molecular weight excluding hydrogens is 304 g/mol. The minimum absolute atomic E-state index is 0.0429. The second-order valence-electron chi connectivity index (χ2n) is 4.88. The molecule has 0 aliphatic heterocycles. The molecule has 118 valence electrons. The van der Waals surface area contributed by atoms with Crippen molar-refractivity contribution in [2.45, 2.75) is 32.2 Å². The van der Waals surface area contributed by atoms with E-state index in [4.69, 9.17) is 8.85 Å². The van der Waals surface area contributed by atoms with Crippen LogP contribution in [-0.2, 0) is 18.7 Å². The van der Waals surface area contributed by atoms with E-state index in [9.17, 15) is 8.42 Å². The van der Waals surface area contributed by atoms with Crippen molar-refractivity contribution in [3.05, 3.63) is 41.6 Å². The third-order valence-electron chi connectivity index (χ3n) is 2.98.